The van der Waals surface area contributed by atoms with Crippen molar-refractivity contribution in [1.29, 1.82) is 0 Å². The summed E-state index contributed by atoms with van der Waals surface area (Å²) in [5.74, 6) is 0.0812. The van der Waals surface area contributed by atoms with Crippen LogP contribution in [0, 0.1) is 10.7 Å². The smallest absolute Gasteiger partial charge is 0.252 e. The molecule has 0 unspecified atom stereocenters. The van der Waals surface area contributed by atoms with Crippen molar-refractivity contribution in [3.63, 3.8) is 0 Å². The molecule has 2 rings (SSSR count). The monoisotopic (exact) mass is 567 g/mol. The fourth-order valence-electron chi connectivity index (χ4n) is 2.05. The fourth-order valence-corrected chi connectivity index (χ4v) is 4.46. The van der Waals surface area contributed by atoms with Gasteiger partial charge in [0.25, 0.3) is 5.91 Å². The fraction of sp³-hybridized carbons (Fsp3) is 0.417. The van der Waals surface area contributed by atoms with Crippen molar-refractivity contribution in [3.8, 4) is 0 Å². The van der Waals surface area contributed by atoms with Gasteiger partial charge in [-0.25, -0.2) is 0 Å². The Hall–Kier alpha value is 0.880. The summed E-state index contributed by atoms with van der Waals surface area (Å²) in [5.41, 5.74) is 0.814. The lowest BCUT2D eigenvalue weighted by Gasteiger charge is -2.13. The van der Waals surface area contributed by atoms with Gasteiger partial charge in [0.2, 0.25) is 0 Å². The molecule has 17 heavy (non-hydrogen) atoms. The summed E-state index contributed by atoms with van der Waals surface area (Å²) in [6, 6.07) is 4.44. The second-order valence-corrected chi connectivity index (χ2v) is 7.69. The van der Waals surface area contributed by atoms with E-state index in [1.807, 2.05) is 6.07 Å². The van der Waals surface area contributed by atoms with Gasteiger partial charge in [0.1, 0.15) is 0 Å². The van der Waals surface area contributed by atoms with Crippen LogP contribution in [0.25, 0.3) is 0 Å². The summed E-state index contributed by atoms with van der Waals surface area (Å²) in [7, 11) is 0. The first-order chi connectivity index (χ1) is 8.08. The SMILES string of the molecule is O=C(NC1CCCC1)c1cc(I)cc(I)c1I. The molecule has 1 aliphatic rings. The van der Waals surface area contributed by atoms with Crippen LogP contribution in [0.5, 0.6) is 0 Å². The Morgan fingerprint density at radius 2 is 1.82 bits per heavy atom. The molecule has 5 heteroatoms. The second-order valence-electron chi connectivity index (χ2n) is 4.20. The second kappa shape index (κ2) is 6.36. The van der Waals surface area contributed by atoms with Gasteiger partial charge in [-0.1, -0.05) is 12.8 Å². The van der Waals surface area contributed by atoms with Gasteiger partial charge in [0.15, 0.2) is 0 Å². The third-order valence-electron chi connectivity index (χ3n) is 2.93. The van der Waals surface area contributed by atoms with Crippen LogP contribution in [0.15, 0.2) is 12.1 Å². The zero-order chi connectivity index (χ0) is 12.4. The molecule has 0 bridgehead atoms. The Morgan fingerprint density at radius 1 is 1.18 bits per heavy atom. The highest BCUT2D eigenvalue weighted by atomic mass is 127. The van der Waals surface area contributed by atoms with E-state index in [1.54, 1.807) is 0 Å². The van der Waals surface area contributed by atoms with Crippen molar-refractivity contribution in [1.82, 2.24) is 5.32 Å². The maximum atomic E-state index is 12.2. The topological polar surface area (TPSA) is 29.1 Å². The minimum atomic E-state index is 0.0812. The van der Waals surface area contributed by atoms with Gasteiger partial charge >= 0.3 is 0 Å². The van der Waals surface area contributed by atoms with E-state index in [2.05, 4.69) is 79.2 Å². The highest BCUT2D eigenvalue weighted by Gasteiger charge is 2.20. The predicted molar refractivity (Wildman–Crippen MR) is 94.3 cm³/mol. The molecule has 1 N–H and O–H groups in total. The number of carbonyl (C=O) groups excluding carboxylic acids is 1. The molecule has 0 atom stereocenters. The Morgan fingerprint density at radius 3 is 2.47 bits per heavy atom. The third kappa shape index (κ3) is 3.68. The molecule has 92 valence electrons. The molecule has 0 heterocycles. The van der Waals surface area contributed by atoms with Crippen LogP contribution in [0.4, 0.5) is 0 Å². The number of nitrogens with one attached hydrogen (secondary N) is 1. The Bertz CT molecular complexity index is 442. The lowest BCUT2D eigenvalue weighted by Crippen LogP contribution is -2.33. The van der Waals surface area contributed by atoms with Gasteiger partial charge in [-0.3, -0.25) is 4.79 Å². The molecule has 1 aromatic carbocycles. The van der Waals surface area contributed by atoms with Gasteiger partial charge < -0.3 is 5.32 Å². The van der Waals surface area contributed by atoms with Crippen LogP contribution in [0.2, 0.25) is 0 Å². The molecule has 0 radical (unpaired) electrons. The lowest BCUT2D eigenvalue weighted by atomic mass is 10.2. The van der Waals surface area contributed by atoms with Gasteiger partial charge in [-0.05, 0) is 92.7 Å². The Balaban J connectivity index is 2.18. The van der Waals surface area contributed by atoms with Crippen molar-refractivity contribution in [2.45, 2.75) is 31.7 Å². The maximum Gasteiger partial charge on any atom is 0.252 e. The van der Waals surface area contributed by atoms with E-state index in [-0.39, 0.29) is 5.91 Å². The highest BCUT2D eigenvalue weighted by molar-refractivity contribution is 14.1. The van der Waals surface area contributed by atoms with Crippen molar-refractivity contribution in [2.75, 3.05) is 0 Å². The van der Waals surface area contributed by atoms with Crippen LogP contribution in [-0.2, 0) is 0 Å². The number of carbonyl (C=O) groups is 1. The van der Waals surface area contributed by atoms with Gasteiger partial charge in [0, 0.05) is 16.8 Å². The Kier molecular flexibility index (Phi) is 5.34. The van der Waals surface area contributed by atoms with E-state index in [9.17, 15) is 4.79 Å². The molecule has 1 amide bonds. The molecule has 1 aromatic rings. The molecule has 0 aromatic heterocycles. The number of rotatable bonds is 2. The van der Waals surface area contributed by atoms with Crippen LogP contribution in [0.1, 0.15) is 36.0 Å². The molecule has 0 spiro atoms. The van der Waals surface area contributed by atoms with Crippen molar-refractivity contribution in [3.05, 3.63) is 28.4 Å². The first kappa shape index (κ1) is 14.3. The van der Waals surface area contributed by atoms with Crippen LogP contribution in [0.3, 0.4) is 0 Å². The zero-order valence-corrected chi connectivity index (χ0v) is 15.6. The minimum Gasteiger partial charge on any atom is -0.349 e. The van der Waals surface area contributed by atoms with E-state index in [4.69, 9.17) is 0 Å². The highest BCUT2D eigenvalue weighted by Crippen LogP contribution is 2.24. The summed E-state index contributed by atoms with van der Waals surface area (Å²) in [6.07, 6.45) is 4.74. The number of benzene rings is 1. The van der Waals surface area contributed by atoms with Crippen molar-refractivity contribution in [2.24, 2.45) is 0 Å². The van der Waals surface area contributed by atoms with Gasteiger partial charge in [0.05, 0.1) is 5.56 Å². The molecular weight excluding hydrogens is 555 g/mol. The molecule has 2 nitrogen and oxygen atoms in total. The Labute approximate surface area is 142 Å². The van der Waals surface area contributed by atoms with E-state index in [0.717, 1.165) is 29.1 Å². The number of hydrogen-bond donors (Lipinski definition) is 1. The summed E-state index contributed by atoms with van der Waals surface area (Å²) >= 11 is 6.79. The first-order valence-electron chi connectivity index (χ1n) is 5.53. The molecule has 0 aliphatic heterocycles. The lowest BCUT2D eigenvalue weighted by molar-refractivity contribution is 0.0937. The van der Waals surface area contributed by atoms with Crippen LogP contribution >= 0.6 is 67.8 Å². The average molecular weight is 567 g/mol. The number of halogens is 3. The van der Waals surface area contributed by atoms with E-state index in [1.165, 1.54) is 12.8 Å². The molecule has 1 aliphatic carbocycles. The van der Waals surface area contributed by atoms with Crippen molar-refractivity contribution >= 4 is 73.7 Å². The van der Waals surface area contributed by atoms with Crippen LogP contribution < -0.4 is 5.32 Å². The van der Waals surface area contributed by atoms with E-state index < -0.39 is 0 Å². The molecular formula is C12H12I3NO. The summed E-state index contributed by atoms with van der Waals surface area (Å²) in [6.45, 7) is 0. The van der Waals surface area contributed by atoms with E-state index >= 15 is 0 Å². The predicted octanol–water partition coefficient (Wildman–Crippen LogP) is 4.17. The quantitative estimate of drug-likeness (QED) is 0.423. The normalized spacial score (nSPS) is 16.2. The first-order valence-corrected chi connectivity index (χ1v) is 8.77. The van der Waals surface area contributed by atoms with Crippen LogP contribution in [-0.4, -0.2) is 11.9 Å². The third-order valence-corrected chi connectivity index (χ3v) is 6.60. The summed E-state index contributed by atoms with van der Waals surface area (Å²) < 4.78 is 3.31. The zero-order valence-electron chi connectivity index (χ0n) is 9.10. The van der Waals surface area contributed by atoms with E-state index in [0.29, 0.717) is 6.04 Å². The summed E-state index contributed by atoms with van der Waals surface area (Å²) in [5, 5.41) is 3.14. The molecule has 0 saturated heterocycles. The molecule has 1 fully saturated rings. The van der Waals surface area contributed by atoms with Gasteiger partial charge in [-0.15, -0.1) is 0 Å². The minimum absolute atomic E-state index is 0.0812. The maximum absolute atomic E-state index is 12.2. The van der Waals surface area contributed by atoms with Crippen molar-refractivity contribution < 1.29 is 4.79 Å². The summed E-state index contributed by atoms with van der Waals surface area (Å²) in [4.78, 5) is 12.2. The largest absolute Gasteiger partial charge is 0.349 e. The number of hydrogen-bond acceptors (Lipinski definition) is 1. The molecule has 1 saturated carbocycles. The average Bonchev–Trinajstić information content (AvgIpc) is 2.76. The number of amides is 1. The van der Waals surface area contributed by atoms with Gasteiger partial charge in [-0.2, -0.15) is 0 Å². The standard InChI is InChI=1S/C12H12I3NO/c13-7-5-9(11(15)10(14)6-7)12(17)16-8-3-1-2-4-8/h5-6,8H,1-4H2,(H,16,17).